The highest BCUT2D eigenvalue weighted by Gasteiger charge is 2.11. The first-order valence-electron chi connectivity index (χ1n) is 4.88. The van der Waals surface area contributed by atoms with Crippen molar-refractivity contribution in [3.8, 4) is 5.75 Å². The summed E-state index contributed by atoms with van der Waals surface area (Å²) in [6, 6.07) is 1.41. The van der Waals surface area contributed by atoms with E-state index in [1.807, 2.05) is 6.92 Å². The predicted molar refractivity (Wildman–Crippen MR) is 62.4 cm³/mol. The molecule has 0 saturated heterocycles. The maximum absolute atomic E-state index is 10.9. The molecule has 0 spiro atoms. The molecule has 88 valence electrons. The molecule has 0 fully saturated rings. The Morgan fingerprint density at radius 1 is 1.53 bits per heavy atom. The first-order chi connectivity index (χ1) is 8.16. The molecule has 2 aromatic heterocycles. The Kier molecular flexibility index (Phi) is 3.34. The van der Waals surface area contributed by atoms with Gasteiger partial charge in [-0.25, -0.2) is 9.78 Å². The summed E-state index contributed by atoms with van der Waals surface area (Å²) in [6.45, 7) is 2.21. The lowest BCUT2D eigenvalue weighted by molar-refractivity contribution is 0.0691. The first kappa shape index (κ1) is 11.5. The van der Waals surface area contributed by atoms with E-state index in [1.165, 1.54) is 29.8 Å². The van der Waals surface area contributed by atoms with Gasteiger partial charge in [-0.05, 0) is 13.0 Å². The number of rotatable bonds is 4. The van der Waals surface area contributed by atoms with Crippen LogP contribution in [0.1, 0.15) is 20.2 Å². The third-order valence-electron chi connectivity index (χ3n) is 2.05. The number of aryl methyl sites for hydroxylation is 1. The van der Waals surface area contributed by atoms with Crippen LogP contribution in [0.25, 0.3) is 0 Å². The maximum atomic E-state index is 10.9. The number of thiazole rings is 1. The molecule has 5 nitrogen and oxygen atoms in total. The number of ether oxygens (including phenoxy) is 1. The van der Waals surface area contributed by atoms with E-state index < -0.39 is 5.97 Å². The topological polar surface area (TPSA) is 72.3 Å². The van der Waals surface area contributed by atoms with Crippen LogP contribution in [0.2, 0.25) is 0 Å². The average molecular weight is 250 g/mol. The molecule has 0 aliphatic rings. The lowest BCUT2D eigenvalue weighted by Gasteiger charge is -2.06. The minimum Gasteiger partial charge on any atom is -0.485 e. The third kappa shape index (κ3) is 2.79. The van der Waals surface area contributed by atoms with Gasteiger partial charge in [0.05, 0.1) is 16.1 Å². The smallest absolute Gasteiger partial charge is 0.339 e. The highest BCUT2D eigenvalue weighted by Crippen LogP contribution is 2.19. The second kappa shape index (κ2) is 4.92. The molecule has 0 saturated carbocycles. The molecule has 2 heterocycles. The van der Waals surface area contributed by atoms with Crippen molar-refractivity contribution in [1.82, 2.24) is 9.97 Å². The van der Waals surface area contributed by atoms with Gasteiger partial charge in [-0.15, -0.1) is 11.3 Å². The van der Waals surface area contributed by atoms with E-state index in [-0.39, 0.29) is 11.3 Å². The van der Waals surface area contributed by atoms with Crippen molar-refractivity contribution < 1.29 is 14.6 Å². The standard InChI is InChI=1S/C11H10N2O3S/c1-7-13-4-8(17-7)6-16-10-5-12-3-2-9(10)11(14)15/h2-5H,6H2,1H3,(H,14,15). The van der Waals surface area contributed by atoms with Gasteiger partial charge in [-0.1, -0.05) is 0 Å². The van der Waals surface area contributed by atoms with Gasteiger partial charge in [0.1, 0.15) is 12.2 Å². The molecule has 0 aliphatic heterocycles. The first-order valence-corrected chi connectivity index (χ1v) is 5.70. The summed E-state index contributed by atoms with van der Waals surface area (Å²) in [5.74, 6) is -0.756. The zero-order chi connectivity index (χ0) is 12.3. The maximum Gasteiger partial charge on any atom is 0.339 e. The SMILES string of the molecule is Cc1ncc(COc2cnccc2C(=O)O)s1. The van der Waals surface area contributed by atoms with Gasteiger partial charge in [0.25, 0.3) is 0 Å². The molecule has 2 rings (SSSR count). The Hall–Kier alpha value is -1.95. The van der Waals surface area contributed by atoms with Crippen LogP contribution in [-0.4, -0.2) is 21.0 Å². The van der Waals surface area contributed by atoms with Crippen LogP contribution in [0.5, 0.6) is 5.75 Å². The van der Waals surface area contributed by atoms with Crippen molar-refractivity contribution in [1.29, 1.82) is 0 Å². The van der Waals surface area contributed by atoms with Gasteiger partial charge >= 0.3 is 5.97 Å². The molecule has 17 heavy (non-hydrogen) atoms. The molecule has 6 heteroatoms. The average Bonchev–Trinajstić information content (AvgIpc) is 2.73. The van der Waals surface area contributed by atoms with Crippen molar-refractivity contribution in [2.45, 2.75) is 13.5 Å². The Balaban J connectivity index is 2.11. The monoisotopic (exact) mass is 250 g/mol. The van der Waals surface area contributed by atoms with Crippen molar-refractivity contribution in [2.24, 2.45) is 0 Å². The number of carboxylic acids is 1. The molecule has 0 aliphatic carbocycles. The fourth-order valence-corrected chi connectivity index (χ4v) is 2.00. The van der Waals surface area contributed by atoms with E-state index in [0.29, 0.717) is 6.61 Å². The molecule has 0 atom stereocenters. The van der Waals surface area contributed by atoms with Crippen LogP contribution in [0.4, 0.5) is 0 Å². The minimum atomic E-state index is -1.03. The highest BCUT2D eigenvalue weighted by molar-refractivity contribution is 7.11. The summed E-state index contributed by atoms with van der Waals surface area (Å²) in [7, 11) is 0. The highest BCUT2D eigenvalue weighted by atomic mass is 32.1. The van der Waals surface area contributed by atoms with Crippen molar-refractivity contribution in [2.75, 3.05) is 0 Å². The fourth-order valence-electron chi connectivity index (χ4n) is 1.29. The second-order valence-electron chi connectivity index (χ2n) is 3.31. The molecular formula is C11H10N2O3S. The Morgan fingerprint density at radius 3 is 3.00 bits per heavy atom. The lowest BCUT2D eigenvalue weighted by Crippen LogP contribution is -2.03. The predicted octanol–water partition coefficient (Wildman–Crippen LogP) is 2.12. The molecular weight excluding hydrogens is 240 g/mol. The van der Waals surface area contributed by atoms with Crippen LogP contribution < -0.4 is 4.74 Å². The Bertz CT molecular complexity index is 539. The number of hydrogen-bond donors (Lipinski definition) is 1. The van der Waals surface area contributed by atoms with Crippen LogP contribution in [0.3, 0.4) is 0 Å². The number of hydrogen-bond acceptors (Lipinski definition) is 5. The van der Waals surface area contributed by atoms with E-state index >= 15 is 0 Å². The van der Waals surface area contributed by atoms with E-state index in [4.69, 9.17) is 9.84 Å². The van der Waals surface area contributed by atoms with Gasteiger partial charge in [-0.3, -0.25) is 4.98 Å². The summed E-state index contributed by atoms with van der Waals surface area (Å²) in [4.78, 5) is 19.8. The molecule has 0 bridgehead atoms. The summed E-state index contributed by atoms with van der Waals surface area (Å²) < 4.78 is 5.42. The third-order valence-corrected chi connectivity index (χ3v) is 2.94. The quantitative estimate of drug-likeness (QED) is 0.899. The van der Waals surface area contributed by atoms with Gasteiger partial charge in [0.15, 0.2) is 5.75 Å². The van der Waals surface area contributed by atoms with Gasteiger partial charge in [-0.2, -0.15) is 0 Å². The van der Waals surface area contributed by atoms with E-state index in [1.54, 1.807) is 6.20 Å². The van der Waals surface area contributed by atoms with Gasteiger partial charge < -0.3 is 9.84 Å². The van der Waals surface area contributed by atoms with Crippen LogP contribution in [-0.2, 0) is 6.61 Å². The summed E-state index contributed by atoms with van der Waals surface area (Å²) in [5, 5.41) is 9.90. The molecule has 0 amide bonds. The van der Waals surface area contributed by atoms with Crippen LogP contribution in [0.15, 0.2) is 24.7 Å². The number of aromatic carboxylic acids is 1. The van der Waals surface area contributed by atoms with E-state index in [0.717, 1.165) is 9.88 Å². The zero-order valence-electron chi connectivity index (χ0n) is 9.08. The molecule has 2 aromatic rings. The Labute approximate surface area is 102 Å². The largest absolute Gasteiger partial charge is 0.485 e. The molecule has 1 N–H and O–H groups in total. The fraction of sp³-hybridized carbons (Fsp3) is 0.182. The zero-order valence-corrected chi connectivity index (χ0v) is 9.90. The minimum absolute atomic E-state index is 0.112. The summed E-state index contributed by atoms with van der Waals surface area (Å²) >= 11 is 1.52. The molecule has 0 unspecified atom stereocenters. The van der Waals surface area contributed by atoms with E-state index in [2.05, 4.69) is 9.97 Å². The normalized spacial score (nSPS) is 10.2. The number of carboxylic acid groups (broad SMARTS) is 1. The lowest BCUT2D eigenvalue weighted by atomic mass is 10.2. The summed E-state index contributed by atoms with van der Waals surface area (Å²) in [5.41, 5.74) is 0.112. The van der Waals surface area contributed by atoms with Gasteiger partial charge in [0, 0.05) is 12.4 Å². The number of carbonyl (C=O) groups is 1. The molecule has 0 radical (unpaired) electrons. The molecule has 0 aromatic carbocycles. The second-order valence-corrected chi connectivity index (χ2v) is 4.63. The van der Waals surface area contributed by atoms with E-state index in [9.17, 15) is 4.79 Å². The van der Waals surface area contributed by atoms with Crippen molar-refractivity contribution >= 4 is 17.3 Å². The Morgan fingerprint density at radius 2 is 2.35 bits per heavy atom. The van der Waals surface area contributed by atoms with Crippen molar-refractivity contribution in [3.63, 3.8) is 0 Å². The van der Waals surface area contributed by atoms with Crippen LogP contribution >= 0.6 is 11.3 Å². The number of pyridine rings is 1. The number of nitrogens with zero attached hydrogens (tertiary/aromatic N) is 2. The number of aromatic nitrogens is 2. The summed E-state index contributed by atoms with van der Waals surface area (Å²) in [6.07, 6.45) is 4.54. The van der Waals surface area contributed by atoms with Gasteiger partial charge in [0.2, 0.25) is 0 Å². The van der Waals surface area contributed by atoms with Crippen LogP contribution in [0, 0.1) is 6.92 Å². The van der Waals surface area contributed by atoms with Crippen molar-refractivity contribution in [3.05, 3.63) is 40.1 Å².